The number of amides is 1. The minimum atomic E-state index is -0.924. The standard InChI is InChI=1S/C12H20N4O2/c1-15-11(2-5-14-15)9-16-6-3-10(4-7-16)8-13-12(17)18/h2,5,10,13H,3-4,6-9H2,1H3,(H,17,18). The van der Waals surface area contributed by atoms with Crippen LogP contribution in [-0.2, 0) is 13.6 Å². The molecule has 1 aromatic rings. The molecule has 0 aromatic carbocycles. The number of piperidine rings is 1. The Morgan fingerprint density at radius 1 is 1.56 bits per heavy atom. The lowest BCUT2D eigenvalue weighted by Crippen LogP contribution is -2.38. The summed E-state index contributed by atoms with van der Waals surface area (Å²) in [6, 6.07) is 2.04. The summed E-state index contributed by atoms with van der Waals surface area (Å²) >= 11 is 0. The van der Waals surface area contributed by atoms with Crippen molar-refractivity contribution in [2.45, 2.75) is 19.4 Å². The van der Waals surface area contributed by atoms with E-state index in [1.807, 2.05) is 24.0 Å². The fraction of sp³-hybridized carbons (Fsp3) is 0.667. The number of carboxylic acid groups (broad SMARTS) is 1. The Hall–Kier alpha value is -1.56. The number of aromatic nitrogens is 2. The van der Waals surface area contributed by atoms with E-state index in [0.29, 0.717) is 12.5 Å². The third kappa shape index (κ3) is 3.46. The second-order valence-electron chi connectivity index (χ2n) is 4.85. The maximum atomic E-state index is 10.4. The van der Waals surface area contributed by atoms with Crippen LogP contribution < -0.4 is 5.32 Å². The van der Waals surface area contributed by atoms with Crippen molar-refractivity contribution in [2.75, 3.05) is 19.6 Å². The van der Waals surface area contributed by atoms with Gasteiger partial charge in [-0.25, -0.2) is 4.79 Å². The van der Waals surface area contributed by atoms with Crippen molar-refractivity contribution < 1.29 is 9.90 Å². The van der Waals surface area contributed by atoms with Gasteiger partial charge in [0, 0.05) is 26.3 Å². The van der Waals surface area contributed by atoms with Crippen molar-refractivity contribution in [2.24, 2.45) is 13.0 Å². The zero-order chi connectivity index (χ0) is 13.0. The van der Waals surface area contributed by atoms with Gasteiger partial charge in [-0.05, 0) is 37.9 Å². The van der Waals surface area contributed by atoms with E-state index in [4.69, 9.17) is 5.11 Å². The van der Waals surface area contributed by atoms with Crippen LogP contribution in [0, 0.1) is 5.92 Å². The van der Waals surface area contributed by atoms with Gasteiger partial charge in [-0.1, -0.05) is 0 Å². The van der Waals surface area contributed by atoms with Crippen molar-refractivity contribution in [3.63, 3.8) is 0 Å². The highest BCUT2D eigenvalue weighted by molar-refractivity contribution is 5.64. The van der Waals surface area contributed by atoms with E-state index in [1.165, 1.54) is 5.69 Å². The molecule has 1 saturated heterocycles. The molecule has 6 nitrogen and oxygen atoms in total. The molecule has 1 fully saturated rings. The van der Waals surface area contributed by atoms with Gasteiger partial charge in [-0.2, -0.15) is 5.10 Å². The first-order valence-corrected chi connectivity index (χ1v) is 6.31. The van der Waals surface area contributed by atoms with E-state index in [2.05, 4.69) is 15.3 Å². The number of nitrogens with zero attached hydrogens (tertiary/aromatic N) is 3. The van der Waals surface area contributed by atoms with Crippen LogP contribution in [-0.4, -0.2) is 45.5 Å². The summed E-state index contributed by atoms with van der Waals surface area (Å²) in [5.41, 5.74) is 1.22. The molecule has 2 heterocycles. The van der Waals surface area contributed by atoms with Gasteiger partial charge < -0.3 is 10.4 Å². The van der Waals surface area contributed by atoms with Gasteiger partial charge in [-0.3, -0.25) is 9.58 Å². The first-order valence-electron chi connectivity index (χ1n) is 6.31. The van der Waals surface area contributed by atoms with E-state index in [1.54, 1.807) is 0 Å². The molecule has 6 heteroatoms. The topological polar surface area (TPSA) is 70.4 Å². The predicted octanol–water partition coefficient (Wildman–Crippen LogP) is 0.900. The second-order valence-corrected chi connectivity index (χ2v) is 4.85. The number of carbonyl (C=O) groups is 1. The lowest BCUT2D eigenvalue weighted by atomic mass is 9.97. The highest BCUT2D eigenvalue weighted by Gasteiger charge is 2.20. The molecule has 1 amide bonds. The number of aryl methyl sites for hydroxylation is 1. The van der Waals surface area contributed by atoms with Crippen molar-refractivity contribution in [3.8, 4) is 0 Å². The smallest absolute Gasteiger partial charge is 0.404 e. The largest absolute Gasteiger partial charge is 0.465 e. The molecule has 0 spiro atoms. The molecule has 0 aliphatic carbocycles. The lowest BCUT2D eigenvalue weighted by Gasteiger charge is -2.31. The van der Waals surface area contributed by atoms with E-state index in [9.17, 15) is 4.79 Å². The molecule has 2 N–H and O–H groups in total. The molecule has 0 saturated carbocycles. The van der Waals surface area contributed by atoms with Crippen molar-refractivity contribution in [1.29, 1.82) is 0 Å². The summed E-state index contributed by atoms with van der Waals surface area (Å²) < 4.78 is 1.90. The molecule has 0 radical (unpaired) electrons. The molecule has 0 bridgehead atoms. The number of hydrogen-bond donors (Lipinski definition) is 2. The zero-order valence-corrected chi connectivity index (χ0v) is 10.7. The minimum Gasteiger partial charge on any atom is -0.465 e. The summed E-state index contributed by atoms with van der Waals surface area (Å²) in [6.45, 7) is 3.55. The van der Waals surface area contributed by atoms with Crippen LogP contribution in [0.3, 0.4) is 0 Å². The van der Waals surface area contributed by atoms with Crippen LogP contribution in [0.1, 0.15) is 18.5 Å². The minimum absolute atomic E-state index is 0.476. The molecule has 1 aliphatic rings. The van der Waals surface area contributed by atoms with Gasteiger partial charge in [0.25, 0.3) is 0 Å². The average molecular weight is 252 g/mol. The highest BCUT2D eigenvalue weighted by atomic mass is 16.4. The molecule has 0 unspecified atom stereocenters. The molecule has 2 rings (SSSR count). The van der Waals surface area contributed by atoms with E-state index < -0.39 is 6.09 Å². The van der Waals surface area contributed by atoms with Crippen LogP contribution in [0.2, 0.25) is 0 Å². The van der Waals surface area contributed by atoms with Gasteiger partial charge in [0.05, 0.1) is 5.69 Å². The monoisotopic (exact) mass is 252 g/mol. The van der Waals surface area contributed by atoms with Gasteiger partial charge in [0.15, 0.2) is 0 Å². The van der Waals surface area contributed by atoms with Crippen LogP contribution in [0.5, 0.6) is 0 Å². The lowest BCUT2D eigenvalue weighted by molar-refractivity contribution is 0.164. The van der Waals surface area contributed by atoms with Crippen LogP contribution in [0.25, 0.3) is 0 Å². The molecule has 1 aliphatic heterocycles. The Kier molecular flexibility index (Phi) is 4.19. The fourth-order valence-electron chi connectivity index (χ4n) is 2.37. The maximum Gasteiger partial charge on any atom is 0.404 e. The van der Waals surface area contributed by atoms with Crippen LogP contribution in [0.4, 0.5) is 4.79 Å². The van der Waals surface area contributed by atoms with Gasteiger partial charge in [0.1, 0.15) is 0 Å². The highest BCUT2D eigenvalue weighted by Crippen LogP contribution is 2.18. The number of hydrogen-bond acceptors (Lipinski definition) is 3. The Balaban J connectivity index is 1.73. The molecule has 18 heavy (non-hydrogen) atoms. The molecular weight excluding hydrogens is 232 g/mol. The molecular formula is C12H20N4O2. The average Bonchev–Trinajstić information content (AvgIpc) is 2.74. The van der Waals surface area contributed by atoms with Gasteiger partial charge in [-0.15, -0.1) is 0 Å². The molecule has 1 aromatic heterocycles. The van der Waals surface area contributed by atoms with Crippen LogP contribution in [0.15, 0.2) is 12.3 Å². The predicted molar refractivity (Wildman–Crippen MR) is 67.2 cm³/mol. The maximum absolute atomic E-state index is 10.4. The van der Waals surface area contributed by atoms with E-state index in [0.717, 1.165) is 32.5 Å². The van der Waals surface area contributed by atoms with Crippen molar-refractivity contribution in [1.82, 2.24) is 20.0 Å². The number of rotatable bonds is 4. The Bertz CT molecular complexity index is 397. The number of likely N-dealkylation sites (tertiary alicyclic amines) is 1. The third-order valence-electron chi connectivity index (χ3n) is 3.56. The zero-order valence-electron chi connectivity index (χ0n) is 10.7. The summed E-state index contributed by atoms with van der Waals surface area (Å²) in [5, 5.41) is 15.2. The summed E-state index contributed by atoms with van der Waals surface area (Å²) in [4.78, 5) is 12.8. The first kappa shape index (κ1) is 12.9. The van der Waals surface area contributed by atoms with E-state index >= 15 is 0 Å². The normalized spacial score (nSPS) is 17.8. The Morgan fingerprint density at radius 3 is 2.83 bits per heavy atom. The molecule has 100 valence electrons. The number of nitrogens with one attached hydrogen (secondary N) is 1. The van der Waals surface area contributed by atoms with Gasteiger partial charge >= 0.3 is 6.09 Å². The van der Waals surface area contributed by atoms with Crippen molar-refractivity contribution >= 4 is 6.09 Å². The fourth-order valence-corrected chi connectivity index (χ4v) is 2.37. The Labute approximate surface area is 107 Å². The summed E-state index contributed by atoms with van der Waals surface area (Å²) in [6.07, 6.45) is 3.00. The first-order chi connectivity index (χ1) is 8.65. The summed E-state index contributed by atoms with van der Waals surface area (Å²) in [7, 11) is 1.96. The van der Waals surface area contributed by atoms with Gasteiger partial charge in [0.2, 0.25) is 0 Å². The quantitative estimate of drug-likeness (QED) is 0.835. The summed E-state index contributed by atoms with van der Waals surface area (Å²) in [5.74, 6) is 0.476. The Morgan fingerprint density at radius 2 is 2.28 bits per heavy atom. The van der Waals surface area contributed by atoms with E-state index in [-0.39, 0.29) is 0 Å². The van der Waals surface area contributed by atoms with Crippen LogP contribution >= 0.6 is 0 Å². The SMILES string of the molecule is Cn1nccc1CN1CCC(CNC(=O)O)CC1. The molecule has 0 atom stereocenters. The third-order valence-corrected chi connectivity index (χ3v) is 3.56. The second kappa shape index (κ2) is 5.86. The van der Waals surface area contributed by atoms with Crippen molar-refractivity contribution in [3.05, 3.63) is 18.0 Å².